The number of hydrogen-bond donors (Lipinski definition) is 7. The zero-order chi connectivity index (χ0) is 107. The molecule has 15 rings (SSSR count). The maximum Gasteiger partial charge on any atom is 0.496 e. The molecule has 0 spiro atoms. The molecule has 6 aromatic heterocycles. The summed E-state index contributed by atoms with van der Waals surface area (Å²) in [4.78, 5) is 149. The van der Waals surface area contributed by atoms with Crippen molar-refractivity contribution >= 4 is 181 Å². The number of Topliss-reactive ketones (excluding diaryl/α,β-unsaturated/α-hetero) is 1. The molecule has 0 bridgehead atoms. The number of fused-ring (bicyclic) bond motifs is 4. The van der Waals surface area contributed by atoms with Crippen LogP contribution in [0.15, 0.2) is 149 Å². The van der Waals surface area contributed by atoms with E-state index >= 15 is 0 Å². The number of nitrogen functional groups attached to an aromatic ring is 1. The standard InChI is InChI=1S/C28H28F3N5O4.C24H21F3N4O2.C19H23BF3N3O2.C15H17BrN2O4.C13H15BrN2O3.I2/c1-15-10-23(33-12-17-6-9-22(32-11-17)28(29,30)31)34-13-19(15)18-7-8-21(35-16(2)37)24-20(18)14-36(25(24)38)26(39)40-27(3,4)5;1-13-9-22(29-11-15-3-8-21(28-10-15)24(25,26)27)30-12-18(13)16-4-6-19(31-14(2)32)23-17(16)5-7-20(23)33;1-12-8-16(25-10-13-6-7-15(24-9-13)19(21,22)23)26-11-14(12)20-27-17(2,3)18(4,5)28-20;1-8(19)17-11-6-5-10(16)9-7-18(13(20)12(9)11)14(21)22-15(2,3)4;1-13(2,3)19-12(18)16-6-7-8(14)4-5-9(15)10(7)11(16)17;1-2/h6-11,13H,12,14H2,1-5H3,(H,33,34)(H,35,37);3-4,6,8-10,12H,5,7,11H2,1-2H3,(H,29,30)(H,31,32);6-9,11H,10H2,1-5H3,(H,25,26);5-6H,7H2,1-4H3,(H,17,19);4-5H,6,15H2,1-3H3;. The third-order valence-corrected chi connectivity index (χ3v) is 23.9. The molecule has 0 radical (unpaired) electrons. The summed E-state index contributed by atoms with van der Waals surface area (Å²) in [6, 6.07) is 26.2. The first-order chi connectivity index (χ1) is 67.0. The molecule has 1 aliphatic carbocycles. The summed E-state index contributed by atoms with van der Waals surface area (Å²) in [5.74, 6) is -0.689. The molecule has 764 valence electrons. The van der Waals surface area contributed by atoms with E-state index in [1.165, 1.54) is 51.4 Å². The van der Waals surface area contributed by atoms with Crippen LogP contribution in [0.5, 0.6) is 0 Å². The minimum Gasteiger partial charge on any atom is -0.443 e. The van der Waals surface area contributed by atoms with E-state index in [-0.39, 0.29) is 67.5 Å². The van der Waals surface area contributed by atoms with E-state index in [1.54, 1.807) is 129 Å². The van der Waals surface area contributed by atoms with Crippen LogP contribution < -0.4 is 43.1 Å². The third-order valence-electron chi connectivity index (χ3n) is 22.4. The minimum atomic E-state index is -4.50. The number of aryl methyl sites for hydroxylation is 3. The predicted molar refractivity (Wildman–Crippen MR) is 548 cm³/mol. The number of alkyl halides is 9. The number of nitrogens with zero attached hydrogens (tertiary/aromatic N) is 9. The number of carbonyl (C=O) groups is 10. The molecule has 31 nitrogen and oxygen atoms in total. The zero-order valence-corrected chi connectivity index (χ0v) is 89.1. The second kappa shape index (κ2) is 45.9. The van der Waals surface area contributed by atoms with Crippen molar-refractivity contribution < 1.29 is 111 Å². The van der Waals surface area contributed by atoms with Gasteiger partial charge in [-0.15, -0.1) is 0 Å². The molecule has 5 aliphatic rings. The van der Waals surface area contributed by atoms with E-state index in [2.05, 4.69) is 131 Å². The van der Waals surface area contributed by atoms with Crippen LogP contribution in [-0.2, 0) is 102 Å². The average molecular weight is 2350 g/mol. The van der Waals surface area contributed by atoms with Crippen LogP contribution in [0.4, 0.5) is 94.1 Å². The highest BCUT2D eigenvalue weighted by Crippen LogP contribution is 2.45. The summed E-state index contributed by atoms with van der Waals surface area (Å²) < 4.78 is 143. The van der Waals surface area contributed by atoms with Crippen molar-refractivity contribution in [3.8, 4) is 22.3 Å². The van der Waals surface area contributed by atoms with Gasteiger partial charge in [-0.25, -0.2) is 44.0 Å². The van der Waals surface area contributed by atoms with Crippen LogP contribution in [0.2, 0.25) is 0 Å². The summed E-state index contributed by atoms with van der Waals surface area (Å²) in [5, 5.41) is 17.3. The first-order valence-corrected chi connectivity index (χ1v) is 52.2. The van der Waals surface area contributed by atoms with E-state index in [0.29, 0.717) is 114 Å². The summed E-state index contributed by atoms with van der Waals surface area (Å²) >= 11 is 11.0. The zero-order valence-electron chi connectivity index (χ0n) is 81.7. The Morgan fingerprint density at radius 3 is 1.07 bits per heavy atom. The number of imide groups is 3. The van der Waals surface area contributed by atoms with E-state index in [1.807, 2.05) is 66.7 Å². The van der Waals surface area contributed by atoms with Crippen molar-refractivity contribution in [1.82, 2.24) is 44.6 Å². The second-order valence-electron chi connectivity index (χ2n) is 37.5. The van der Waals surface area contributed by atoms with Crippen molar-refractivity contribution in [2.75, 3.05) is 37.6 Å². The lowest BCUT2D eigenvalue weighted by Gasteiger charge is -2.32. The summed E-state index contributed by atoms with van der Waals surface area (Å²) in [7, 11) is -0.495. The number of carbonyl (C=O) groups excluding carboxylic acids is 10. The van der Waals surface area contributed by atoms with Gasteiger partial charge in [0.1, 0.15) is 51.3 Å². The highest BCUT2D eigenvalue weighted by Gasteiger charge is 2.53. The predicted octanol–water partition coefficient (Wildman–Crippen LogP) is 22.8. The van der Waals surface area contributed by atoms with Gasteiger partial charge in [-0.1, -0.05) is 62.2 Å². The normalized spacial score (nSPS) is 14.3. The molecule has 10 heterocycles. The molecule has 45 heteroatoms. The number of nitrogens with two attached hydrogens (primary N) is 1. The van der Waals surface area contributed by atoms with Gasteiger partial charge in [0.05, 0.1) is 64.6 Å². The highest BCUT2D eigenvalue weighted by molar-refractivity contribution is 15.0. The lowest BCUT2D eigenvalue weighted by atomic mass is 9.77. The largest absolute Gasteiger partial charge is 0.496 e. The fourth-order valence-electron chi connectivity index (χ4n) is 15.0. The summed E-state index contributed by atoms with van der Waals surface area (Å²) in [5.41, 5.74) is 14.2. The number of benzene rings is 4. The molecular weight excluding hydrogens is 2250 g/mol. The molecular formula is C99H104BBr2F9I2N16O15. The molecule has 4 aliphatic heterocycles. The Hall–Kier alpha value is -12.3. The number of rotatable bonds is 15. The Bertz CT molecular complexity index is 6570. The first-order valence-electron chi connectivity index (χ1n) is 44.4. The highest BCUT2D eigenvalue weighted by atomic mass is 128. The topological polar surface area (TPSA) is 402 Å². The number of hydrogen-bond acceptors (Lipinski definition) is 25. The summed E-state index contributed by atoms with van der Waals surface area (Å²) in [6.07, 6.45) is -5.99. The number of pyridine rings is 6. The van der Waals surface area contributed by atoms with E-state index in [4.69, 9.17) is 29.3 Å². The van der Waals surface area contributed by atoms with Crippen molar-refractivity contribution in [3.05, 3.63) is 244 Å². The Morgan fingerprint density at radius 1 is 0.417 bits per heavy atom. The van der Waals surface area contributed by atoms with Gasteiger partial charge in [0.25, 0.3) is 17.7 Å². The van der Waals surface area contributed by atoms with Crippen molar-refractivity contribution in [3.63, 3.8) is 0 Å². The van der Waals surface area contributed by atoms with Crippen molar-refractivity contribution in [2.24, 2.45) is 0 Å². The molecule has 144 heavy (non-hydrogen) atoms. The number of aromatic nitrogens is 6. The lowest BCUT2D eigenvalue weighted by Crippen LogP contribution is -2.41. The maximum absolute atomic E-state index is 13.3. The SMILES string of the molecule is CC(=O)Nc1ccc(-c2cnc(NCc3ccc(C(F)(F)F)nc3)cc2C)c2c1C(=O)CC2.CC(=O)Nc1ccc(-c2cnc(NCc3ccc(C(F)(F)F)nc3)cc2C)c2c1C(=O)N(C(=O)OC(C)(C)C)C2.CC(=O)Nc1ccc(Br)c2c1C(=O)N(C(=O)OC(C)(C)C)C2.CC(C)(C)OC(=O)N1Cc2c(Br)ccc(N)c2C1=O.Cc1cc(NCc2ccc(C(F)(F)F)nc2)ncc1B1OC(C)(C)C(C)(C)O1.II. The first kappa shape index (κ1) is 114. The average Bonchev–Trinajstić information content (AvgIpc) is 1.64. The van der Waals surface area contributed by atoms with Gasteiger partial charge in [-0.3, -0.25) is 48.5 Å². The smallest absolute Gasteiger partial charge is 0.443 e. The van der Waals surface area contributed by atoms with E-state index in [9.17, 15) is 87.5 Å². The molecule has 10 aromatic rings. The molecule has 9 amide bonds. The Labute approximate surface area is 864 Å². The number of halogens is 13. The van der Waals surface area contributed by atoms with Crippen molar-refractivity contribution in [2.45, 2.75) is 230 Å². The van der Waals surface area contributed by atoms with Crippen LogP contribution in [0.3, 0.4) is 0 Å². The van der Waals surface area contributed by atoms with Crippen molar-refractivity contribution in [1.29, 1.82) is 0 Å². The van der Waals surface area contributed by atoms with Crippen LogP contribution in [0.1, 0.15) is 231 Å². The van der Waals surface area contributed by atoms with Crippen LogP contribution in [-0.4, -0.2) is 139 Å². The Kier molecular flexibility index (Phi) is 36.2. The molecule has 0 atom stereocenters. The fraction of sp³-hybridized carbons (Fsp3) is 0.354. The van der Waals surface area contributed by atoms with Crippen LogP contribution in [0.25, 0.3) is 22.3 Å². The fourth-order valence-corrected chi connectivity index (χ4v) is 15.9. The molecule has 1 fully saturated rings. The van der Waals surface area contributed by atoms with Gasteiger partial charge >= 0.3 is 43.9 Å². The minimum absolute atomic E-state index is 0.00431. The number of ether oxygens (including phenoxy) is 3. The molecule has 1 saturated heterocycles. The Balaban J connectivity index is 0.000000188. The number of amides is 9. The summed E-state index contributed by atoms with van der Waals surface area (Å²) in [6.45, 7) is 34.3. The van der Waals surface area contributed by atoms with Gasteiger partial charge in [-0.2, -0.15) is 39.5 Å². The monoisotopic (exact) mass is 2350 g/mol. The van der Waals surface area contributed by atoms with Gasteiger partial charge in [0, 0.05) is 169 Å². The van der Waals surface area contributed by atoms with Crippen LogP contribution in [0, 0.1) is 20.8 Å². The second-order valence-corrected chi connectivity index (χ2v) is 39.2. The molecule has 0 saturated carbocycles. The number of anilines is 7. The Morgan fingerprint density at radius 2 is 0.736 bits per heavy atom. The van der Waals surface area contributed by atoms with Gasteiger partial charge in [0.2, 0.25) is 17.7 Å². The van der Waals surface area contributed by atoms with Gasteiger partial charge in [0.15, 0.2) is 5.78 Å². The quantitative estimate of drug-likeness (QED) is 0.0165. The molecule has 8 N–H and O–H groups in total. The van der Waals surface area contributed by atoms with Crippen LogP contribution >= 0.6 is 69.1 Å². The molecule has 4 aromatic carbocycles. The van der Waals surface area contributed by atoms with Gasteiger partial charge in [-0.05, 0) is 246 Å². The number of nitrogens with one attached hydrogen (secondary N) is 6. The lowest BCUT2D eigenvalue weighted by molar-refractivity contribution is -0.142. The number of ketones is 1. The molecule has 0 unspecified atom stereocenters. The van der Waals surface area contributed by atoms with E-state index < -0.39 is 107 Å². The van der Waals surface area contributed by atoms with E-state index in [0.717, 1.165) is 88.0 Å². The maximum atomic E-state index is 13.3. The third kappa shape index (κ3) is 28.9. The van der Waals surface area contributed by atoms with Gasteiger partial charge < -0.3 is 61.2 Å².